The van der Waals surface area contributed by atoms with Gasteiger partial charge in [0.05, 0.1) is 6.26 Å². The third-order valence-electron chi connectivity index (χ3n) is 2.30. The molecule has 2 aromatic carbocycles. The summed E-state index contributed by atoms with van der Waals surface area (Å²) in [7, 11) is -3.49. The van der Waals surface area contributed by atoms with Gasteiger partial charge in [0.1, 0.15) is 11.5 Å². The fraction of sp³-hybridized carbons (Fsp3) is 0.0769. The molecule has 0 unspecified atom stereocenters. The van der Waals surface area contributed by atoms with E-state index in [1.807, 2.05) is 0 Å². The number of hydrogen-bond donors (Lipinski definition) is 1. The molecular formula is C13H12O4S. The average molecular weight is 264 g/mol. The molecule has 1 N–H and O–H groups in total. The number of phenolic OH excluding ortho intramolecular Hbond substituents is 1. The van der Waals surface area contributed by atoms with E-state index in [0.29, 0.717) is 0 Å². The lowest BCUT2D eigenvalue weighted by molar-refractivity contribution is 0.475. The van der Waals surface area contributed by atoms with Crippen LogP contribution in [-0.2, 0) is 10.1 Å². The lowest BCUT2D eigenvalue weighted by Crippen LogP contribution is -2.05. The first kappa shape index (κ1) is 12.4. The molecule has 2 rings (SSSR count). The fourth-order valence-corrected chi connectivity index (χ4v) is 1.99. The van der Waals surface area contributed by atoms with Crippen molar-refractivity contribution in [1.82, 2.24) is 0 Å². The first-order valence-corrected chi connectivity index (χ1v) is 7.05. The van der Waals surface area contributed by atoms with Gasteiger partial charge in [-0.25, -0.2) is 0 Å². The Labute approximate surface area is 106 Å². The highest BCUT2D eigenvalue weighted by Gasteiger charge is 2.04. The summed E-state index contributed by atoms with van der Waals surface area (Å²) < 4.78 is 26.6. The summed E-state index contributed by atoms with van der Waals surface area (Å²) in [6.45, 7) is 0. The lowest BCUT2D eigenvalue weighted by atomic mass is 10.1. The molecule has 0 aliphatic rings. The molecule has 0 saturated heterocycles. The van der Waals surface area contributed by atoms with Gasteiger partial charge in [0.2, 0.25) is 0 Å². The van der Waals surface area contributed by atoms with E-state index in [2.05, 4.69) is 0 Å². The van der Waals surface area contributed by atoms with Crippen LogP contribution in [-0.4, -0.2) is 19.8 Å². The zero-order valence-electron chi connectivity index (χ0n) is 9.70. The van der Waals surface area contributed by atoms with Crippen molar-refractivity contribution in [3.8, 4) is 22.6 Å². The Morgan fingerprint density at radius 2 is 1.33 bits per heavy atom. The van der Waals surface area contributed by atoms with Crippen LogP contribution >= 0.6 is 0 Å². The molecule has 0 atom stereocenters. The molecule has 5 heteroatoms. The normalized spacial score (nSPS) is 11.2. The van der Waals surface area contributed by atoms with E-state index >= 15 is 0 Å². The van der Waals surface area contributed by atoms with Gasteiger partial charge in [-0.1, -0.05) is 24.3 Å². The number of phenols is 1. The van der Waals surface area contributed by atoms with Gasteiger partial charge in [-0.2, -0.15) is 8.42 Å². The Bertz CT molecular complexity index is 628. The Morgan fingerprint density at radius 1 is 0.889 bits per heavy atom. The minimum atomic E-state index is -3.49. The van der Waals surface area contributed by atoms with Crippen molar-refractivity contribution >= 4 is 10.1 Å². The van der Waals surface area contributed by atoms with Crippen molar-refractivity contribution in [3.05, 3.63) is 48.5 Å². The summed E-state index contributed by atoms with van der Waals surface area (Å²) in [5.74, 6) is 0.482. The van der Waals surface area contributed by atoms with Crippen LogP contribution in [0.1, 0.15) is 0 Å². The van der Waals surface area contributed by atoms with Gasteiger partial charge in [0.15, 0.2) is 0 Å². The largest absolute Gasteiger partial charge is 0.508 e. The lowest BCUT2D eigenvalue weighted by Gasteiger charge is -2.05. The number of hydrogen-bond acceptors (Lipinski definition) is 4. The Kier molecular flexibility index (Phi) is 3.25. The molecule has 0 spiro atoms. The van der Waals surface area contributed by atoms with Crippen molar-refractivity contribution < 1.29 is 17.7 Å². The first-order valence-electron chi connectivity index (χ1n) is 5.23. The molecule has 4 nitrogen and oxygen atoms in total. The number of rotatable bonds is 3. The van der Waals surface area contributed by atoms with E-state index in [0.717, 1.165) is 17.4 Å². The molecule has 94 valence electrons. The maximum absolute atomic E-state index is 10.9. The SMILES string of the molecule is CS(=O)(=O)Oc1ccc(-c2ccc(O)cc2)cc1. The Morgan fingerprint density at radius 3 is 1.78 bits per heavy atom. The van der Waals surface area contributed by atoms with Gasteiger partial charge in [-0.3, -0.25) is 0 Å². The third-order valence-corrected chi connectivity index (χ3v) is 2.80. The summed E-state index contributed by atoms with van der Waals surface area (Å²) in [5, 5.41) is 9.19. The van der Waals surface area contributed by atoms with E-state index < -0.39 is 10.1 Å². The van der Waals surface area contributed by atoms with Gasteiger partial charge in [-0.05, 0) is 35.4 Å². The third kappa shape index (κ3) is 3.24. The maximum Gasteiger partial charge on any atom is 0.306 e. The predicted molar refractivity (Wildman–Crippen MR) is 69.0 cm³/mol. The van der Waals surface area contributed by atoms with Gasteiger partial charge in [0.25, 0.3) is 0 Å². The second kappa shape index (κ2) is 4.70. The minimum Gasteiger partial charge on any atom is -0.508 e. The van der Waals surface area contributed by atoms with E-state index in [4.69, 9.17) is 4.18 Å². The molecule has 0 heterocycles. The highest BCUT2D eigenvalue weighted by Crippen LogP contribution is 2.24. The van der Waals surface area contributed by atoms with Crippen LogP contribution in [0.25, 0.3) is 11.1 Å². The summed E-state index contributed by atoms with van der Waals surface area (Å²) in [6.07, 6.45) is 1.00. The highest BCUT2D eigenvalue weighted by atomic mass is 32.2. The number of aromatic hydroxyl groups is 1. The average Bonchev–Trinajstić information content (AvgIpc) is 2.29. The quantitative estimate of drug-likeness (QED) is 0.865. The molecule has 18 heavy (non-hydrogen) atoms. The smallest absolute Gasteiger partial charge is 0.306 e. The maximum atomic E-state index is 10.9. The van der Waals surface area contributed by atoms with Crippen LogP contribution in [0.4, 0.5) is 0 Å². The highest BCUT2D eigenvalue weighted by molar-refractivity contribution is 7.86. The molecule has 0 aliphatic heterocycles. The summed E-state index contributed by atoms with van der Waals surface area (Å²) in [5.41, 5.74) is 1.84. The zero-order chi connectivity index (χ0) is 13.2. The van der Waals surface area contributed by atoms with Crippen LogP contribution in [0.2, 0.25) is 0 Å². The summed E-state index contributed by atoms with van der Waals surface area (Å²) >= 11 is 0. The molecule has 0 aromatic heterocycles. The van der Waals surface area contributed by atoms with Gasteiger partial charge >= 0.3 is 10.1 Å². The Hall–Kier alpha value is -2.01. The molecule has 0 amide bonds. The topological polar surface area (TPSA) is 63.6 Å². The first-order chi connectivity index (χ1) is 8.44. The van der Waals surface area contributed by atoms with Crippen LogP contribution in [0, 0.1) is 0 Å². The minimum absolute atomic E-state index is 0.204. The van der Waals surface area contributed by atoms with E-state index in [9.17, 15) is 13.5 Å². The summed E-state index contributed by atoms with van der Waals surface area (Å²) in [6, 6.07) is 13.4. The van der Waals surface area contributed by atoms with Crippen LogP contribution in [0.5, 0.6) is 11.5 Å². The zero-order valence-corrected chi connectivity index (χ0v) is 10.5. The fourth-order valence-electron chi connectivity index (χ4n) is 1.53. The Balaban J connectivity index is 2.25. The van der Waals surface area contributed by atoms with Crippen molar-refractivity contribution in [2.45, 2.75) is 0 Å². The van der Waals surface area contributed by atoms with E-state index in [1.165, 1.54) is 0 Å². The molecule has 0 saturated carbocycles. The second-order valence-electron chi connectivity index (χ2n) is 3.86. The molecule has 0 aliphatic carbocycles. The molecule has 2 aromatic rings. The predicted octanol–water partition coefficient (Wildman–Crippen LogP) is 2.40. The van der Waals surface area contributed by atoms with Crippen LogP contribution < -0.4 is 4.18 Å². The van der Waals surface area contributed by atoms with Gasteiger partial charge in [0, 0.05) is 0 Å². The van der Waals surface area contributed by atoms with Crippen LogP contribution in [0.3, 0.4) is 0 Å². The number of benzene rings is 2. The second-order valence-corrected chi connectivity index (χ2v) is 5.43. The standard InChI is InChI=1S/C13H12O4S/c1-18(15,16)17-13-8-4-11(5-9-13)10-2-6-12(14)7-3-10/h2-9,14H,1H3. The van der Waals surface area contributed by atoms with Crippen molar-refractivity contribution in [3.63, 3.8) is 0 Å². The van der Waals surface area contributed by atoms with Crippen molar-refractivity contribution in [2.24, 2.45) is 0 Å². The molecular weight excluding hydrogens is 252 g/mol. The van der Waals surface area contributed by atoms with E-state index in [-0.39, 0.29) is 11.5 Å². The van der Waals surface area contributed by atoms with Crippen LogP contribution in [0.15, 0.2) is 48.5 Å². The molecule has 0 fully saturated rings. The van der Waals surface area contributed by atoms with Gasteiger partial charge in [-0.15, -0.1) is 0 Å². The van der Waals surface area contributed by atoms with Crippen molar-refractivity contribution in [2.75, 3.05) is 6.26 Å². The van der Waals surface area contributed by atoms with Crippen molar-refractivity contribution in [1.29, 1.82) is 0 Å². The summed E-state index contributed by atoms with van der Waals surface area (Å²) in [4.78, 5) is 0. The molecule has 0 bridgehead atoms. The van der Waals surface area contributed by atoms with Gasteiger partial charge < -0.3 is 9.29 Å². The monoisotopic (exact) mass is 264 g/mol. The van der Waals surface area contributed by atoms with E-state index in [1.54, 1.807) is 48.5 Å². The molecule has 0 radical (unpaired) electrons.